The van der Waals surface area contributed by atoms with Crippen molar-refractivity contribution in [1.82, 2.24) is 4.98 Å². The molecular formula is C12H14N. The van der Waals surface area contributed by atoms with E-state index in [4.69, 9.17) is 0 Å². The van der Waals surface area contributed by atoms with Crippen molar-refractivity contribution in [2.24, 2.45) is 0 Å². The zero-order valence-electron chi connectivity index (χ0n) is 8.09. The van der Waals surface area contributed by atoms with Crippen LogP contribution < -0.4 is 0 Å². The SMILES string of the molecule is C[C](C)Cc1c[nH]c2ccccc12. The predicted octanol–water partition coefficient (Wildman–Crippen LogP) is 3.32. The van der Waals surface area contributed by atoms with Crippen LogP contribution in [0, 0.1) is 5.92 Å². The molecule has 1 aromatic carbocycles. The van der Waals surface area contributed by atoms with Crippen LogP contribution in [0.4, 0.5) is 0 Å². The summed E-state index contributed by atoms with van der Waals surface area (Å²) in [5.74, 6) is 1.45. The fourth-order valence-corrected chi connectivity index (χ4v) is 1.66. The number of para-hydroxylation sites is 1. The number of aromatic nitrogens is 1. The Labute approximate surface area is 78.8 Å². The Hall–Kier alpha value is -1.24. The molecular weight excluding hydrogens is 158 g/mol. The molecule has 2 rings (SSSR count). The second kappa shape index (κ2) is 3.25. The molecule has 1 radical (unpaired) electrons. The van der Waals surface area contributed by atoms with Gasteiger partial charge in [-0.2, -0.15) is 0 Å². The lowest BCUT2D eigenvalue weighted by Gasteiger charge is -2.01. The summed E-state index contributed by atoms with van der Waals surface area (Å²) in [6.45, 7) is 4.34. The lowest BCUT2D eigenvalue weighted by molar-refractivity contribution is 0.963. The van der Waals surface area contributed by atoms with Crippen molar-refractivity contribution in [3.63, 3.8) is 0 Å². The summed E-state index contributed by atoms with van der Waals surface area (Å²) in [6.07, 6.45) is 3.18. The van der Waals surface area contributed by atoms with Gasteiger partial charge in [-0.05, 0) is 24.0 Å². The monoisotopic (exact) mass is 172 g/mol. The topological polar surface area (TPSA) is 15.8 Å². The van der Waals surface area contributed by atoms with Gasteiger partial charge in [0.05, 0.1) is 0 Å². The molecule has 0 fully saturated rings. The number of aromatic amines is 1. The average Bonchev–Trinajstić information content (AvgIpc) is 2.48. The molecule has 0 bridgehead atoms. The fraction of sp³-hybridized carbons (Fsp3) is 0.250. The van der Waals surface area contributed by atoms with Crippen LogP contribution in [-0.4, -0.2) is 4.98 Å². The van der Waals surface area contributed by atoms with E-state index in [-0.39, 0.29) is 0 Å². The van der Waals surface area contributed by atoms with Crippen LogP contribution in [-0.2, 0) is 6.42 Å². The summed E-state index contributed by atoms with van der Waals surface area (Å²) >= 11 is 0. The van der Waals surface area contributed by atoms with Crippen LogP contribution in [0.1, 0.15) is 19.4 Å². The Bertz CT molecular complexity index is 398. The molecule has 0 unspecified atom stereocenters. The highest BCUT2D eigenvalue weighted by atomic mass is 14.7. The number of H-pyrrole nitrogens is 1. The smallest absolute Gasteiger partial charge is 0.0456 e. The van der Waals surface area contributed by atoms with Gasteiger partial charge in [-0.25, -0.2) is 0 Å². The van der Waals surface area contributed by atoms with Gasteiger partial charge in [0, 0.05) is 17.1 Å². The second-order valence-corrected chi connectivity index (χ2v) is 3.74. The Balaban J connectivity index is 2.46. The normalized spacial score (nSPS) is 11.3. The van der Waals surface area contributed by atoms with Crippen LogP contribution in [0.2, 0.25) is 0 Å². The van der Waals surface area contributed by atoms with Crippen molar-refractivity contribution >= 4 is 10.9 Å². The van der Waals surface area contributed by atoms with Crippen molar-refractivity contribution in [2.75, 3.05) is 0 Å². The van der Waals surface area contributed by atoms with E-state index >= 15 is 0 Å². The summed E-state index contributed by atoms with van der Waals surface area (Å²) < 4.78 is 0. The van der Waals surface area contributed by atoms with E-state index in [9.17, 15) is 0 Å². The number of benzene rings is 1. The highest BCUT2D eigenvalue weighted by molar-refractivity contribution is 5.83. The molecule has 67 valence electrons. The Morgan fingerprint density at radius 2 is 2.00 bits per heavy atom. The van der Waals surface area contributed by atoms with Crippen molar-refractivity contribution in [1.29, 1.82) is 0 Å². The highest BCUT2D eigenvalue weighted by Crippen LogP contribution is 2.20. The molecule has 2 aromatic rings. The van der Waals surface area contributed by atoms with Crippen molar-refractivity contribution in [3.8, 4) is 0 Å². The first kappa shape index (κ1) is 8.36. The maximum atomic E-state index is 3.28. The van der Waals surface area contributed by atoms with Gasteiger partial charge in [0.2, 0.25) is 0 Å². The van der Waals surface area contributed by atoms with Crippen molar-refractivity contribution in [3.05, 3.63) is 41.9 Å². The molecule has 0 saturated carbocycles. The quantitative estimate of drug-likeness (QED) is 0.715. The standard InChI is InChI=1S/C12H14N/c1-9(2)7-10-8-13-12-6-4-3-5-11(10)12/h3-6,8,13H,7H2,1-2H3. The number of hydrogen-bond donors (Lipinski definition) is 1. The van der Waals surface area contributed by atoms with Crippen LogP contribution in [0.3, 0.4) is 0 Å². The van der Waals surface area contributed by atoms with E-state index in [1.54, 1.807) is 0 Å². The largest absolute Gasteiger partial charge is 0.361 e. The Kier molecular flexibility index (Phi) is 2.09. The third kappa shape index (κ3) is 1.59. The van der Waals surface area contributed by atoms with Crippen LogP contribution in [0.15, 0.2) is 30.5 Å². The molecule has 1 nitrogen and oxygen atoms in total. The number of fused-ring (bicyclic) bond motifs is 1. The van der Waals surface area contributed by atoms with Gasteiger partial charge in [0.15, 0.2) is 0 Å². The van der Waals surface area contributed by atoms with Gasteiger partial charge in [-0.1, -0.05) is 32.0 Å². The minimum absolute atomic E-state index is 1.07. The van der Waals surface area contributed by atoms with Crippen LogP contribution in [0.5, 0.6) is 0 Å². The molecule has 1 N–H and O–H groups in total. The van der Waals surface area contributed by atoms with Gasteiger partial charge < -0.3 is 4.98 Å². The molecule has 1 heterocycles. The summed E-state index contributed by atoms with van der Waals surface area (Å²) in [5, 5.41) is 1.35. The molecule has 0 aliphatic heterocycles. The van der Waals surface area contributed by atoms with Gasteiger partial charge in [0.25, 0.3) is 0 Å². The molecule has 0 aliphatic carbocycles. The van der Waals surface area contributed by atoms with Gasteiger partial charge in [-0.3, -0.25) is 0 Å². The number of nitrogens with one attached hydrogen (secondary N) is 1. The third-order valence-electron chi connectivity index (χ3n) is 2.22. The van der Waals surface area contributed by atoms with E-state index in [1.807, 2.05) is 0 Å². The maximum absolute atomic E-state index is 3.28. The van der Waals surface area contributed by atoms with Crippen molar-refractivity contribution in [2.45, 2.75) is 20.3 Å². The lowest BCUT2D eigenvalue weighted by atomic mass is 10.0. The molecule has 1 aromatic heterocycles. The summed E-state index contributed by atoms with van der Waals surface area (Å²) in [4.78, 5) is 3.28. The molecule has 0 aliphatic rings. The minimum Gasteiger partial charge on any atom is -0.361 e. The first-order valence-corrected chi connectivity index (χ1v) is 4.61. The highest BCUT2D eigenvalue weighted by Gasteiger charge is 2.04. The fourth-order valence-electron chi connectivity index (χ4n) is 1.66. The first-order chi connectivity index (χ1) is 6.27. The Morgan fingerprint density at radius 1 is 1.23 bits per heavy atom. The minimum atomic E-state index is 1.07. The number of rotatable bonds is 2. The van der Waals surface area contributed by atoms with Crippen LogP contribution in [0.25, 0.3) is 10.9 Å². The zero-order chi connectivity index (χ0) is 9.26. The average molecular weight is 172 g/mol. The van der Waals surface area contributed by atoms with Gasteiger partial charge in [-0.15, -0.1) is 0 Å². The van der Waals surface area contributed by atoms with E-state index in [2.05, 4.69) is 49.3 Å². The zero-order valence-corrected chi connectivity index (χ0v) is 8.09. The summed E-state index contributed by atoms with van der Waals surface area (Å²) in [7, 11) is 0. The summed E-state index contributed by atoms with van der Waals surface area (Å²) in [5.41, 5.74) is 2.63. The summed E-state index contributed by atoms with van der Waals surface area (Å²) in [6, 6.07) is 8.43. The van der Waals surface area contributed by atoms with E-state index in [0.717, 1.165) is 6.42 Å². The number of hydrogen-bond acceptors (Lipinski definition) is 0. The van der Waals surface area contributed by atoms with Gasteiger partial charge >= 0.3 is 0 Å². The molecule has 0 spiro atoms. The van der Waals surface area contributed by atoms with Crippen LogP contribution >= 0.6 is 0 Å². The molecule has 0 atom stereocenters. The molecule has 13 heavy (non-hydrogen) atoms. The molecule has 0 amide bonds. The lowest BCUT2D eigenvalue weighted by Crippen LogP contribution is -1.89. The van der Waals surface area contributed by atoms with Gasteiger partial charge in [0.1, 0.15) is 0 Å². The van der Waals surface area contributed by atoms with E-state index < -0.39 is 0 Å². The Morgan fingerprint density at radius 3 is 2.77 bits per heavy atom. The second-order valence-electron chi connectivity index (χ2n) is 3.74. The maximum Gasteiger partial charge on any atom is 0.0456 e. The van der Waals surface area contributed by atoms with Crippen molar-refractivity contribution < 1.29 is 0 Å². The predicted molar refractivity (Wildman–Crippen MR) is 56.6 cm³/mol. The van der Waals surface area contributed by atoms with E-state index in [1.165, 1.54) is 22.4 Å². The first-order valence-electron chi connectivity index (χ1n) is 4.61. The van der Waals surface area contributed by atoms with E-state index in [0.29, 0.717) is 0 Å². The molecule has 0 saturated heterocycles. The molecule has 1 heteroatoms. The third-order valence-corrected chi connectivity index (χ3v) is 2.22.